The second-order valence-electron chi connectivity index (χ2n) is 3.72. The lowest BCUT2D eigenvalue weighted by atomic mass is 10.2. The molecular formula is C10H10F3NO2S. The number of methoxy groups -OCH3 is 1. The second kappa shape index (κ2) is 4.30. The van der Waals surface area contributed by atoms with Gasteiger partial charge in [-0.2, -0.15) is 13.2 Å². The molecule has 0 aliphatic heterocycles. The van der Waals surface area contributed by atoms with Gasteiger partial charge in [0, 0.05) is 18.4 Å². The fourth-order valence-corrected chi connectivity index (χ4v) is 2.96. The van der Waals surface area contributed by atoms with Gasteiger partial charge in [-0.15, -0.1) is 11.3 Å². The van der Waals surface area contributed by atoms with Gasteiger partial charge in [0.2, 0.25) is 0 Å². The van der Waals surface area contributed by atoms with E-state index in [0.717, 1.165) is 10.4 Å². The van der Waals surface area contributed by atoms with E-state index in [-0.39, 0.29) is 6.10 Å². The number of amides is 1. The number of halogens is 3. The van der Waals surface area contributed by atoms with E-state index in [0.29, 0.717) is 6.42 Å². The molecule has 2 rings (SSSR count). The number of carbonyl (C=O) groups excluding carboxylic acids is 1. The van der Waals surface area contributed by atoms with Crippen molar-refractivity contribution in [2.24, 2.45) is 0 Å². The molecule has 3 nitrogen and oxygen atoms in total. The predicted molar refractivity (Wildman–Crippen MR) is 55.6 cm³/mol. The number of rotatable bonds is 2. The molecule has 2 atom stereocenters. The zero-order chi connectivity index (χ0) is 12.6. The lowest BCUT2D eigenvalue weighted by molar-refractivity contribution is -0.174. The monoisotopic (exact) mass is 265 g/mol. The van der Waals surface area contributed by atoms with Crippen LogP contribution in [0.3, 0.4) is 0 Å². The van der Waals surface area contributed by atoms with Crippen molar-refractivity contribution < 1.29 is 22.7 Å². The summed E-state index contributed by atoms with van der Waals surface area (Å²) in [7, 11) is 1.50. The van der Waals surface area contributed by atoms with Crippen LogP contribution in [0.4, 0.5) is 13.2 Å². The summed E-state index contributed by atoms with van der Waals surface area (Å²) in [6, 6.07) is 1.11. The first-order chi connectivity index (χ1) is 7.93. The highest BCUT2D eigenvalue weighted by atomic mass is 32.1. The minimum absolute atomic E-state index is 0.233. The van der Waals surface area contributed by atoms with E-state index < -0.39 is 18.1 Å². The van der Waals surface area contributed by atoms with Gasteiger partial charge in [0.15, 0.2) is 0 Å². The Hall–Kier alpha value is -1.08. The molecule has 1 N–H and O–H groups in total. The largest absolute Gasteiger partial charge is 0.471 e. The van der Waals surface area contributed by atoms with Crippen molar-refractivity contribution in [2.45, 2.75) is 24.7 Å². The van der Waals surface area contributed by atoms with Crippen molar-refractivity contribution in [1.82, 2.24) is 5.32 Å². The van der Waals surface area contributed by atoms with E-state index in [1.54, 1.807) is 11.4 Å². The minimum atomic E-state index is -4.85. The molecule has 1 aliphatic rings. The molecule has 1 aromatic rings. The molecule has 0 fully saturated rings. The van der Waals surface area contributed by atoms with Gasteiger partial charge in [-0.25, -0.2) is 0 Å². The summed E-state index contributed by atoms with van der Waals surface area (Å²) in [5.41, 5.74) is 0.722. The fraction of sp³-hybridized carbons (Fsp3) is 0.500. The summed E-state index contributed by atoms with van der Waals surface area (Å²) in [6.45, 7) is 0. The molecule has 1 heterocycles. The smallest absolute Gasteiger partial charge is 0.376 e. The highest BCUT2D eigenvalue weighted by molar-refractivity contribution is 7.10. The highest BCUT2D eigenvalue weighted by Gasteiger charge is 2.42. The van der Waals surface area contributed by atoms with Crippen molar-refractivity contribution in [3.63, 3.8) is 0 Å². The third-order valence-corrected chi connectivity index (χ3v) is 3.72. The number of hydrogen-bond acceptors (Lipinski definition) is 3. The maximum atomic E-state index is 12.1. The Balaban J connectivity index is 2.13. The van der Waals surface area contributed by atoms with Crippen LogP contribution in [0.1, 0.15) is 29.0 Å². The van der Waals surface area contributed by atoms with E-state index >= 15 is 0 Å². The molecule has 0 radical (unpaired) electrons. The summed E-state index contributed by atoms with van der Waals surface area (Å²) in [5.74, 6) is -1.91. The standard InChI is InChI=1S/C10H10F3NO2S/c1-16-7-4-6(5-2-3-17-8(5)7)14-9(15)10(11,12)13/h2-3,6-7H,4H2,1H3,(H,14,15)/t6-,7-/m1/s1. The first kappa shape index (κ1) is 12.4. The number of hydrogen-bond donors (Lipinski definition) is 1. The molecule has 0 saturated carbocycles. The molecule has 7 heteroatoms. The van der Waals surface area contributed by atoms with Crippen LogP contribution < -0.4 is 5.32 Å². The Morgan fingerprint density at radius 2 is 2.29 bits per heavy atom. The lowest BCUT2D eigenvalue weighted by Crippen LogP contribution is -2.38. The Labute approximate surface area is 99.6 Å². The van der Waals surface area contributed by atoms with Crippen molar-refractivity contribution in [3.8, 4) is 0 Å². The average Bonchev–Trinajstić information content (AvgIpc) is 2.79. The topological polar surface area (TPSA) is 38.3 Å². The Morgan fingerprint density at radius 1 is 1.59 bits per heavy atom. The number of thiophene rings is 1. The van der Waals surface area contributed by atoms with Crippen LogP contribution in [-0.4, -0.2) is 19.2 Å². The van der Waals surface area contributed by atoms with Gasteiger partial charge in [-0.3, -0.25) is 4.79 Å². The SMILES string of the molecule is CO[C@@H]1C[C@@H](NC(=O)C(F)(F)F)c2ccsc21. The fourth-order valence-electron chi connectivity index (χ4n) is 1.91. The number of fused-ring (bicyclic) bond motifs is 1. The third kappa shape index (κ3) is 2.30. The highest BCUT2D eigenvalue weighted by Crippen LogP contribution is 2.44. The van der Waals surface area contributed by atoms with Crippen LogP contribution in [0, 0.1) is 0 Å². The maximum Gasteiger partial charge on any atom is 0.471 e. The van der Waals surface area contributed by atoms with Crippen LogP contribution >= 0.6 is 11.3 Å². The minimum Gasteiger partial charge on any atom is -0.376 e. The molecule has 0 unspecified atom stereocenters. The molecular weight excluding hydrogens is 255 g/mol. The number of alkyl halides is 3. The molecule has 1 amide bonds. The lowest BCUT2D eigenvalue weighted by Gasteiger charge is -2.15. The van der Waals surface area contributed by atoms with Crippen molar-refractivity contribution in [3.05, 3.63) is 21.9 Å². The van der Waals surface area contributed by atoms with Crippen LogP contribution in [0.5, 0.6) is 0 Å². The quantitative estimate of drug-likeness (QED) is 0.892. The average molecular weight is 265 g/mol. The second-order valence-corrected chi connectivity index (χ2v) is 4.67. The first-order valence-electron chi connectivity index (χ1n) is 4.91. The van der Waals surface area contributed by atoms with Gasteiger partial charge in [0.25, 0.3) is 0 Å². The molecule has 0 saturated heterocycles. The van der Waals surface area contributed by atoms with E-state index in [2.05, 4.69) is 0 Å². The zero-order valence-electron chi connectivity index (χ0n) is 8.88. The zero-order valence-corrected chi connectivity index (χ0v) is 9.69. The number of ether oxygens (including phenoxy) is 1. The summed E-state index contributed by atoms with van der Waals surface area (Å²) < 4.78 is 41.6. The summed E-state index contributed by atoms with van der Waals surface area (Å²) >= 11 is 1.43. The molecule has 0 aromatic carbocycles. The van der Waals surface area contributed by atoms with Crippen molar-refractivity contribution in [2.75, 3.05) is 7.11 Å². The molecule has 1 aliphatic carbocycles. The molecule has 0 bridgehead atoms. The molecule has 94 valence electrons. The summed E-state index contributed by atoms with van der Waals surface area (Å²) in [6.07, 6.45) is -4.73. The van der Waals surface area contributed by atoms with Crippen molar-refractivity contribution >= 4 is 17.2 Å². The van der Waals surface area contributed by atoms with E-state index in [4.69, 9.17) is 4.74 Å². The van der Waals surface area contributed by atoms with Crippen LogP contribution in [0.15, 0.2) is 11.4 Å². The van der Waals surface area contributed by atoms with Crippen LogP contribution in [0.2, 0.25) is 0 Å². The molecule has 17 heavy (non-hydrogen) atoms. The van der Waals surface area contributed by atoms with Gasteiger partial charge in [0.05, 0.1) is 12.1 Å². The predicted octanol–water partition coefficient (Wildman–Crippen LogP) is 2.56. The van der Waals surface area contributed by atoms with Gasteiger partial charge in [-0.05, 0) is 17.0 Å². The maximum absolute atomic E-state index is 12.1. The third-order valence-electron chi connectivity index (χ3n) is 2.69. The van der Waals surface area contributed by atoms with Gasteiger partial charge >= 0.3 is 12.1 Å². The normalized spacial score (nSPS) is 23.5. The van der Waals surface area contributed by atoms with E-state index in [1.807, 2.05) is 5.32 Å². The summed E-state index contributed by atoms with van der Waals surface area (Å²) in [5, 5.41) is 3.77. The van der Waals surface area contributed by atoms with Gasteiger partial charge in [-0.1, -0.05) is 0 Å². The van der Waals surface area contributed by atoms with Gasteiger partial charge < -0.3 is 10.1 Å². The van der Waals surface area contributed by atoms with Crippen LogP contribution in [-0.2, 0) is 9.53 Å². The van der Waals surface area contributed by atoms with Gasteiger partial charge in [0.1, 0.15) is 0 Å². The van der Waals surface area contributed by atoms with E-state index in [9.17, 15) is 18.0 Å². The van der Waals surface area contributed by atoms with Crippen LogP contribution in [0.25, 0.3) is 0 Å². The first-order valence-corrected chi connectivity index (χ1v) is 5.79. The van der Waals surface area contributed by atoms with E-state index in [1.165, 1.54) is 18.4 Å². The Kier molecular flexibility index (Phi) is 3.13. The molecule has 1 aromatic heterocycles. The molecule has 0 spiro atoms. The van der Waals surface area contributed by atoms with Crippen molar-refractivity contribution in [1.29, 1.82) is 0 Å². The number of nitrogens with one attached hydrogen (secondary N) is 1. The Morgan fingerprint density at radius 3 is 2.88 bits per heavy atom. The summed E-state index contributed by atoms with van der Waals surface area (Å²) in [4.78, 5) is 11.8. The number of carbonyl (C=O) groups is 1. The Bertz CT molecular complexity index is 429.